The van der Waals surface area contributed by atoms with Gasteiger partial charge in [-0.3, -0.25) is 9.59 Å². The van der Waals surface area contributed by atoms with Gasteiger partial charge in [0.25, 0.3) is 0 Å². The molecule has 3 heteroatoms. The normalized spacial score (nSPS) is 26.3. The molecule has 0 aromatic rings. The van der Waals surface area contributed by atoms with Gasteiger partial charge in [-0.25, -0.2) is 0 Å². The minimum Gasteiger partial charge on any atom is -0.457 e. The summed E-state index contributed by atoms with van der Waals surface area (Å²) in [6, 6.07) is 0. The molecular formula is C17H20O3. The Balaban J connectivity index is 0.000000956. The van der Waals surface area contributed by atoms with Crippen LogP contribution in [0, 0.1) is 36.5 Å². The molecule has 0 aromatic heterocycles. The maximum absolute atomic E-state index is 11.9. The van der Waals surface area contributed by atoms with Crippen molar-refractivity contribution in [1.82, 2.24) is 0 Å². The first-order valence-corrected chi connectivity index (χ1v) is 6.57. The average Bonchev–Trinajstić information content (AvgIpc) is 2.97. The smallest absolute Gasteiger partial charge is 0.310 e. The topological polar surface area (TPSA) is 43.4 Å². The quantitative estimate of drug-likeness (QED) is 0.585. The summed E-state index contributed by atoms with van der Waals surface area (Å²) in [7, 11) is 0. The summed E-state index contributed by atoms with van der Waals surface area (Å²) in [4.78, 5) is 23.6. The fraction of sp³-hybridized carbons (Fsp3) is 0.529. The van der Waals surface area contributed by atoms with Crippen LogP contribution < -0.4 is 0 Å². The van der Waals surface area contributed by atoms with E-state index in [1.165, 1.54) is 0 Å². The van der Waals surface area contributed by atoms with Gasteiger partial charge in [0.1, 0.15) is 6.10 Å². The second-order valence-electron chi connectivity index (χ2n) is 5.84. The number of esters is 1. The Hall–Kier alpha value is -2.00. The molecule has 3 nitrogen and oxygen atoms in total. The van der Waals surface area contributed by atoms with E-state index in [0.717, 1.165) is 12.0 Å². The third-order valence-electron chi connectivity index (χ3n) is 4.00. The molecule has 0 amide bonds. The van der Waals surface area contributed by atoms with Gasteiger partial charge < -0.3 is 4.74 Å². The number of carbonyl (C=O) groups excluding carboxylic acids is 2. The van der Waals surface area contributed by atoms with E-state index < -0.39 is 6.10 Å². The summed E-state index contributed by atoms with van der Waals surface area (Å²) in [6.45, 7) is 5.92. The second-order valence-corrected chi connectivity index (χ2v) is 5.84. The van der Waals surface area contributed by atoms with Gasteiger partial charge in [0.2, 0.25) is 0 Å². The molecule has 0 saturated heterocycles. The average molecular weight is 272 g/mol. The van der Waals surface area contributed by atoms with Gasteiger partial charge in [-0.05, 0) is 24.3 Å². The maximum Gasteiger partial charge on any atom is 0.310 e. The first-order valence-electron chi connectivity index (χ1n) is 6.57. The van der Waals surface area contributed by atoms with E-state index in [-0.39, 0.29) is 29.5 Å². The standard InChI is InChI=1S/C15H18O3.C2H2/c1-5-6-10-9(2)13(7-12(10)16)18-14(17)11-8-15(11,3)4;1-2/h1,11,13H,6-8H2,2-4H3;1-2H/t11-,13-;/m0./s1. The van der Waals surface area contributed by atoms with E-state index in [2.05, 4.69) is 18.8 Å². The molecule has 0 radical (unpaired) electrons. The van der Waals surface area contributed by atoms with Crippen LogP contribution in [0.5, 0.6) is 0 Å². The van der Waals surface area contributed by atoms with Crippen LogP contribution in [0.1, 0.15) is 40.0 Å². The van der Waals surface area contributed by atoms with Gasteiger partial charge >= 0.3 is 5.97 Å². The summed E-state index contributed by atoms with van der Waals surface area (Å²) in [5.41, 5.74) is 1.52. The van der Waals surface area contributed by atoms with E-state index in [0.29, 0.717) is 12.0 Å². The van der Waals surface area contributed by atoms with E-state index in [1.54, 1.807) is 0 Å². The van der Waals surface area contributed by atoms with Gasteiger partial charge in [0.15, 0.2) is 5.78 Å². The summed E-state index contributed by atoms with van der Waals surface area (Å²) in [6.07, 6.45) is 14.3. The molecule has 0 aliphatic heterocycles. The van der Waals surface area contributed by atoms with Crippen molar-refractivity contribution >= 4 is 11.8 Å². The molecule has 0 aromatic carbocycles. The van der Waals surface area contributed by atoms with Gasteiger partial charge in [-0.1, -0.05) is 13.8 Å². The molecule has 0 unspecified atom stereocenters. The summed E-state index contributed by atoms with van der Waals surface area (Å²) >= 11 is 0. The first kappa shape index (κ1) is 16.1. The number of ketones is 1. The second kappa shape index (κ2) is 5.97. The first-order chi connectivity index (χ1) is 9.36. The highest BCUT2D eigenvalue weighted by molar-refractivity contribution is 6.00. The van der Waals surface area contributed by atoms with Crippen molar-refractivity contribution in [3.05, 3.63) is 11.1 Å². The lowest BCUT2D eigenvalue weighted by Gasteiger charge is -2.13. The van der Waals surface area contributed by atoms with Crippen molar-refractivity contribution in [2.45, 2.75) is 46.1 Å². The lowest BCUT2D eigenvalue weighted by atomic mass is 10.1. The highest BCUT2D eigenvalue weighted by Gasteiger charge is 2.52. The number of hydrogen-bond acceptors (Lipinski definition) is 3. The molecule has 2 aliphatic carbocycles. The van der Waals surface area contributed by atoms with E-state index in [9.17, 15) is 9.59 Å². The molecule has 1 saturated carbocycles. The monoisotopic (exact) mass is 272 g/mol. The molecule has 20 heavy (non-hydrogen) atoms. The van der Waals surface area contributed by atoms with Gasteiger partial charge in [-0.15, -0.1) is 25.2 Å². The molecule has 1 fully saturated rings. The molecule has 0 heterocycles. The maximum atomic E-state index is 11.9. The Kier molecular flexibility index (Phi) is 4.79. The molecule has 2 atom stereocenters. The predicted octanol–water partition coefficient (Wildman–Crippen LogP) is 2.51. The largest absolute Gasteiger partial charge is 0.457 e. The number of carbonyl (C=O) groups is 2. The molecule has 0 spiro atoms. The Morgan fingerprint density at radius 3 is 2.45 bits per heavy atom. The third-order valence-corrected chi connectivity index (χ3v) is 4.00. The zero-order chi connectivity index (χ0) is 15.5. The van der Waals surface area contributed by atoms with Crippen LogP contribution in [0.4, 0.5) is 0 Å². The molecular weight excluding hydrogens is 252 g/mol. The van der Waals surface area contributed by atoms with Crippen LogP contribution >= 0.6 is 0 Å². The molecule has 2 aliphatic rings. The number of terminal acetylenes is 2. The van der Waals surface area contributed by atoms with Crippen molar-refractivity contribution in [2.75, 3.05) is 0 Å². The van der Waals surface area contributed by atoms with Crippen molar-refractivity contribution < 1.29 is 14.3 Å². The number of Topliss-reactive ketones (excluding diaryl/α,β-unsaturated/α-hetero) is 1. The van der Waals surface area contributed by atoms with Gasteiger partial charge in [0.05, 0.1) is 12.3 Å². The minimum atomic E-state index is -0.398. The van der Waals surface area contributed by atoms with Crippen LogP contribution in [-0.2, 0) is 14.3 Å². The van der Waals surface area contributed by atoms with Crippen molar-refractivity contribution in [2.24, 2.45) is 11.3 Å². The Bertz CT molecular complexity index is 514. The predicted molar refractivity (Wildman–Crippen MR) is 77.4 cm³/mol. The highest BCUT2D eigenvalue weighted by atomic mass is 16.5. The summed E-state index contributed by atoms with van der Waals surface area (Å²) in [5, 5.41) is 0. The summed E-state index contributed by atoms with van der Waals surface area (Å²) in [5.74, 6) is 2.29. The fourth-order valence-corrected chi connectivity index (χ4v) is 2.42. The fourth-order valence-electron chi connectivity index (χ4n) is 2.42. The molecule has 0 N–H and O–H groups in total. The van der Waals surface area contributed by atoms with E-state index in [4.69, 9.17) is 11.2 Å². The highest BCUT2D eigenvalue weighted by Crippen LogP contribution is 2.52. The van der Waals surface area contributed by atoms with Crippen molar-refractivity contribution in [3.8, 4) is 25.2 Å². The number of rotatable bonds is 3. The number of ether oxygens (including phenoxy) is 1. The number of hydrogen-bond donors (Lipinski definition) is 0. The third kappa shape index (κ3) is 3.11. The van der Waals surface area contributed by atoms with Crippen LogP contribution in [-0.4, -0.2) is 17.9 Å². The van der Waals surface area contributed by atoms with Crippen LogP contribution in [0.2, 0.25) is 0 Å². The van der Waals surface area contributed by atoms with Gasteiger partial charge in [-0.2, -0.15) is 0 Å². The molecule has 0 bridgehead atoms. The Morgan fingerprint density at radius 2 is 2.00 bits per heavy atom. The zero-order valence-electron chi connectivity index (χ0n) is 12.2. The van der Waals surface area contributed by atoms with E-state index in [1.807, 2.05) is 20.8 Å². The lowest BCUT2D eigenvalue weighted by molar-refractivity contribution is -0.150. The van der Waals surface area contributed by atoms with Crippen LogP contribution in [0.3, 0.4) is 0 Å². The molecule has 2 rings (SSSR count). The lowest BCUT2D eigenvalue weighted by Crippen LogP contribution is -2.20. The number of allylic oxidation sites excluding steroid dienone is 1. The Labute approximate surface area is 120 Å². The van der Waals surface area contributed by atoms with Crippen molar-refractivity contribution in [1.29, 1.82) is 0 Å². The Morgan fingerprint density at radius 1 is 1.45 bits per heavy atom. The van der Waals surface area contributed by atoms with Gasteiger partial charge in [0, 0.05) is 12.0 Å². The SMILES string of the molecule is C#C.C#CCC1=C(C)[C@@H](OC(=O)[C@@H]2CC2(C)C)CC1=O. The molecule has 106 valence electrons. The minimum absolute atomic E-state index is 0.0123. The van der Waals surface area contributed by atoms with Crippen LogP contribution in [0.25, 0.3) is 0 Å². The summed E-state index contributed by atoms with van der Waals surface area (Å²) < 4.78 is 5.44. The van der Waals surface area contributed by atoms with Crippen LogP contribution in [0.15, 0.2) is 11.1 Å². The van der Waals surface area contributed by atoms with Crippen molar-refractivity contribution in [3.63, 3.8) is 0 Å². The zero-order valence-corrected chi connectivity index (χ0v) is 12.2. The van der Waals surface area contributed by atoms with E-state index >= 15 is 0 Å².